The highest BCUT2D eigenvalue weighted by Crippen LogP contribution is 2.27. The van der Waals surface area contributed by atoms with Gasteiger partial charge in [-0.2, -0.15) is 0 Å². The van der Waals surface area contributed by atoms with E-state index in [1.165, 1.54) is 26.4 Å². The standard InChI is InChI=1S/C18H25NS/c1-6-16-9-10-18(20-16)15(5)19-14(4)17-11-12(2)7-8-13(17)3/h7-11,14-15,19H,6H2,1-5H3. The van der Waals surface area contributed by atoms with Crippen molar-refractivity contribution in [3.05, 3.63) is 56.8 Å². The van der Waals surface area contributed by atoms with Crippen LogP contribution in [0.5, 0.6) is 0 Å². The van der Waals surface area contributed by atoms with Gasteiger partial charge in [0, 0.05) is 21.8 Å². The second kappa shape index (κ2) is 6.55. The fraction of sp³-hybridized carbons (Fsp3) is 0.444. The van der Waals surface area contributed by atoms with E-state index in [-0.39, 0.29) is 0 Å². The molecule has 20 heavy (non-hydrogen) atoms. The van der Waals surface area contributed by atoms with Gasteiger partial charge < -0.3 is 5.32 Å². The Balaban J connectivity index is 2.10. The topological polar surface area (TPSA) is 12.0 Å². The summed E-state index contributed by atoms with van der Waals surface area (Å²) in [6, 6.07) is 12.0. The predicted octanol–water partition coefficient (Wildman–Crippen LogP) is 5.34. The van der Waals surface area contributed by atoms with E-state index in [0.29, 0.717) is 12.1 Å². The highest BCUT2D eigenvalue weighted by atomic mass is 32.1. The molecule has 0 saturated carbocycles. The van der Waals surface area contributed by atoms with Crippen LogP contribution < -0.4 is 5.32 Å². The number of aryl methyl sites for hydroxylation is 3. The number of benzene rings is 1. The number of hydrogen-bond donors (Lipinski definition) is 1. The molecule has 1 N–H and O–H groups in total. The maximum Gasteiger partial charge on any atom is 0.0391 e. The van der Waals surface area contributed by atoms with Crippen molar-refractivity contribution in [2.45, 2.75) is 53.1 Å². The van der Waals surface area contributed by atoms with Crippen LogP contribution in [0.25, 0.3) is 0 Å². The molecule has 1 aromatic carbocycles. The summed E-state index contributed by atoms with van der Waals surface area (Å²) in [7, 11) is 0. The lowest BCUT2D eigenvalue weighted by Gasteiger charge is -2.21. The average Bonchev–Trinajstić information content (AvgIpc) is 2.90. The molecule has 0 aliphatic heterocycles. The molecule has 0 aliphatic rings. The lowest BCUT2D eigenvalue weighted by atomic mass is 9.99. The van der Waals surface area contributed by atoms with Crippen LogP contribution in [0.3, 0.4) is 0 Å². The number of nitrogens with one attached hydrogen (secondary N) is 1. The van der Waals surface area contributed by atoms with Gasteiger partial charge in [0.2, 0.25) is 0 Å². The minimum atomic E-state index is 0.372. The fourth-order valence-corrected chi connectivity index (χ4v) is 3.55. The summed E-state index contributed by atoms with van der Waals surface area (Å²) in [5.41, 5.74) is 4.10. The van der Waals surface area contributed by atoms with E-state index in [1.54, 1.807) is 0 Å². The molecule has 0 radical (unpaired) electrons. The molecule has 0 bridgehead atoms. The predicted molar refractivity (Wildman–Crippen MR) is 89.6 cm³/mol. The highest BCUT2D eigenvalue weighted by molar-refractivity contribution is 7.12. The van der Waals surface area contributed by atoms with E-state index in [4.69, 9.17) is 0 Å². The molecule has 0 fully saturated rings. The van der Waals surface area contributed by atoms with Crippen molar-refractivity contribution in [2.24, 2.45) is 0 Å². The molecule has 1 aromatic heterocycles. The van der Waals surface area contributed by atoms with Crippen molar-refractivity contribution in [2.75, 3.05) is 0 Å². The Morgan fingerprint density at radius 1 is 1.05 bits per heavy atom. The summed E-state index contributed by atoms with van der Waals surface area (Å²) < 4.78 is 0. The molecule has 0 amide bonds. The highest BCUT2D eigenvalue weighted by Gasteiger charge is 2.14. The smallest absolute Gasteiger partial charge is 0.0391 e. The summed E-state index contributed by atoms with van der Waals surface area (Å²) in [6.07, 6.45) is 1.13. The van der Waals surface area contributed by atoms with Crippen LogP contribution in [0.4, 0.5) is 0 Å². The van der Waals surface area contributed by atoms with Crippen molar-refractivity contribution < 1.29 is 0 Å². The maximum absolute atomic E-state index is 3.73. The van der Waals surface area contributed by atoms with Crippen LogP contribution in [0.1, 0.15) is 59.3 Å². The third-order valence-electron chi connectivity index (χ3n) is 3.86. The summed E-state index contributed by atoms with van der Waals surface area (Å²) in [4.78, 5) is 2.90. The van der Waals surface area contributed by atoms with Crippen molar-refractivity contribution >= 4 is 11.3 Å². The van der Waals surface area contributed by atoms with Crippen molar-refractivity contribution in [3.63, 3.8) is 0 Å². The maximum atomic E-state index is 3.73. The van der Waals surface area contributed by atoms with Gasteiger partial charge in [0.1, 0.15) is 0 Å². The Labute approximate surface area is 127 Å². The number of hydrogen-bond acceptors (Lipinski definition) is 2. The molecule has 108 valence electrons. The third kappa shape index (κ3) is 3.50. The van der Waals surface area contributed by atoms with Crippen molar-refractivity contribution in [1.82, 2.24) is 5.32 Å². The van der Waals surface area contributed by atoms with Crippen LogP contribution >= 0.6 is 11.3 Å². The van der Waals surface area contributed by atoms with Gasteiger partial charge in [0.25, 0.3) is 0 Å². The van der Waals surface area contributed by atoms with Gasteiger partial charge in [-0.25, -0.2) is 0 Å². The molecule has 2 heteroatoms. The van der Waals surface area contributed by atoms with Gasteiger partial charge in [-0.3, -0.25) is 0 Å². The third-order valence-corrected chi connectivity index (χ3v) is 5.27. The Morgan fingerprint density at radius 2 is 1.80 bits per heavy atom. The van der Waals surface area contributed by atoms with Crippen LogP contribution in [0.2, 0.25) is 0 Å². The van der Waals surface area contributed by atoms with Crippen LogP contribution in [0.15, 0.2) is 30.3 Å². The molecule has 2 aromatic rings. The summed E-state index contributed by atoms with van der Waals surface area (Å²) in [6.45, 7) is 11.1. The fourth-order valence-electron chi connectivity index (χ4n) is 2.59. The van der Waals surface area contributed by atoms with E-state index in [1.807, 2.05) is 11.3 Å². The van der Waals surface area contributed by atoms with Gasteiger partial charge in [0.15, 0.2) is 0 Å². The first kappa shape index (κ1) is 15.3. The summed E-state index contributed by atoms with van der Waals surface area (Å²) >= 11 is 1.92. The van der Waals surface area contributed by atoms with Gasteiger partial charge in [-0.1, -0.05) is 30.7 Å². The first-order chi connectivity index (χ1) is 9.51. The molecular weight excluding hydrogens is 262 g/mol. The van der Waals surface area contributed by atoms with Gasteiger partial charge in [0.05, 0.1) is 0 Å². The number of rotatable bonds is 5. The zero-order chi connectivity index (χ0) is 14.7. The average molecular weight is 287 g/mol. The van der Waals surface area contributed by atoms with Gasteiger partial charge >= 0.3 is 0 Å². The van der Waals surface area contributed by atoms with E-state index >= 15 is 0 Å². The van der Waals surface area contributed by atoms with Gasteiger partial charge in [-0.05, 0) is 57.4 Å². The van der Waals surface area contributed by atoms with Crippen LogP contribution in [-0.2, 0) is 6.42 Å². The van der Waals surface area contributed by atoms with Crippen LogP contribution in [0, 0.1) is 13.8 Å². The molecule has 2 atom stereocenters. The molecule has 0 saturated heterocycles. The summed E-state index contributed by atoms with van der Waals surface area (Å²) in [5, 5.41) is 3.73. The van der Waals surface area contributed by atoms with E-state index in [9.17, 15) is 0 Å². The Kier molecular flexibility index (Phi) is 5.00. The zero-order valence-corrected chi connectivity index (χ0v) is 14.0. The van der Waals surface area contributed by atoms with Gasteiger partial charge in [-0.15, -0.1) is 11.3 Å². The summed E-state index contributed by atoms with van der Waals surface area (Å²) in [5.74, 6) is 0. The molecule has 1 nitrogen and oxygen atoms in total. The van der Waals surface area contributed by atoms with E-state index < -0.39 is 0 Å². The molecule has 1 heterocycles. The molecule has 0 aliphatic carbocycles. The second-order valence-electron chi connectivity index (χ2n) is 5.63. The minimum Gasteiger partial charge on any atom is -0.303 e. The second-order valence-corrected chi connectivity index (χ2v) is 6.83. The first-order valence-corrected chi connectivity index (χ1v) is 8.24. The minimum absolute atomic E-state index is 0.372. The quantitative estimate of drug-likeness (QED) is 0.782. The molecule has 0 spiro atoms. The molecule has 2 rings (SSSR count). The normalized spacial score (nSPS) is 14.2. The lowest BCUT2D eigenvalue weighted by molar-refractivity contribution is 0.498. The van der Waals surface area contributed by atoms with Crippen molar-refractivity contribution in [1.29, 1.82) is 0 Å². The van der Waals surface area contributed by atoms with E-state index in [2.05, 4.69) is 70.3 Å². The molecule has 2 unspecified atom stereocenters. The van der Waals surface area contributed by atoms with Crippen LogP contribution in [-0.4, -0.2) is 0 Å². The largest absolute Gasteiger partial charge is 0.303 e. The first-order valence-electron chi connectivity index (χ1n) is 7.43. The zero-order valence-electron chi connectivity index (χ0n) is 13.2. The van der Waals surface area contributed by atoms with Crippen molar-refractivity contribution in [3.8, 4) is 0 Å². The SMILES string of the molecule is CCc1ccc(C(C)NC(C)c2cc(C)ccc2C)s1. The Morgan fingerprint density at radius 3 is 2.45 bits per heavy atom. The molecular formula is C18H25NS. The number of thiophene rings is 1. The van der Waals surface area contributed by atoms with E-state index in [0.717, 1.165) is 6.42 Å². The Hall–Kier alpha value is -1.12. The monoisotopic (exact) mass is 287 g/mol. The Bertz CT molecular complexity index is 571. The lowest BCUT2D eigenvalue weighted by Crippen LogP contribution is -2.22.